The molecule has 210 valence electrons. The Balaban J connectivity index is 1.90. The summed E-state index contributed by atoms with van der Waals surface area (Å²) in [6.45, 7) is 5.52. The standard InChI is InChI=1S/C24H33FN3O9P/c1-5-34-21(31)17(13-15(2)3)27-38(33,37-16-9-7-6-8-10-16)35-14-18-20(30)24(4,25)22(36-18)28-12-11-19(29)26-23(28)32/h6-12,15,17-18,20,22,30H,5,13-14H2,1-4H3,(H,27,33)(H,26,29,32)/t17?,18-,20-,22-,24-,38?/m1/s1/i11D,12D. The lowest BCUT2D eigenvalue weighted by molar-refractivity contribution is -0.145. The molecule has 0 aliphatic carbocycles. The lowest BCUT2D eigenvalue weighted by Crippen LogP contribution is -2.44. The van der Waals surface area contributed by atoms with Crippen LogP contribution >= 0.6 is 7.75 Å². The summed E-state index contributed by atoms with van der Waals surface area (Å²) < 4.78 is 67.4. The summed E-state index contributed by atoms with van der Waals surface area (Å²) in [5.41, 5.74) is -5.08. The minimum atomic E-state index is -4.42. The van der Waals surface area contributed by atoms with Gasteiger partial charge in [-0.2, -0.15) is 5.09 Å². The van der Waals surface area contributed by atoms with E-state index in [9.17, 15) is 24.1 Å². The molecule has 1 saturated heterocycles. The molecule has 0 bridgehead atoms. The van der Waals surface area contributed by atoms with Crippen LogP contribution in [0.4, 0.5) is 4.39 Å². The number of alkyl halides is 1. The minimum absolute atomic E-state index is 0.0308. The Hall–Kier alpha value is -2.83. The van der Waals surface area contributed by atoms with E-state index in [0.29, 0.717) is 4.57 Å². The minimum Gasteiger partial charge on any atom is -0.465 e. The summed E-state index contributed by atoms with van der Waals surface area (Å²) in [5.74, 6) is -0.609. The Bertz CT molecular complexity index is 1360. The monoisotopic (exact) mass is 559 g/mol. The Morgan fingerprint density at radius 3 is 2.68 bits per heavy atom. The Morgan fingerprint density at radius 1 is 1.37 bits per heavy atom. The Morgan fingerprint density at radius 2 is 2.05 bits per heavy atom. The van der Waals surface area contributed by atoms with Crippen molar-refractivity contribution in [2.75, 3.05) is 13.2 Å². The molecule has 12 nitrogen and oxygen atoms in total. The zero-order valence-electron chi connectivity index (χ0n) is 23.4. The number of nitrogens with one attached hydrogen (secondary N) is 2. The first-order valence-electron chi connectivity index (χ1n) is 13.0. The average Bonchev–Trinajstić information content (AvgIpc) is 3.10. The van der Waals surface area contributed by atoms with E-state index in [1.54, 1.807) is 30.1 Å². The smallest absolute Gasteiger partial charge is 0.459 e. The lowest BCUT2D eigenvalue weighted by atomic mass is 9.98. The van der Waals surface area contributed by atoms with Crippen LogP contribution in [0.15, 0.2) is 52.1 Å². The molecule has 3 rings (SSSR count). The molecule has 0 spiro atoms. The summed E-state index contributed by atoms with van der Waals surface area (Å²) in [6.07, 6.45) is -6.18. The average molecular weight is 560 g/mol. The number of esters is 1. The zero-order valence-corrected chi connectivity index (χ0v) is 22.3. The maximum Gasteiger partial charge on any atom is 0.459 e. The number of hydrogen-bond acceptors (Lipinski definition) is 9. The predicted octanol–water partition coefficient (Wildman–Crippen LogP) is 2.29. The van der Waals surface area contributed by atoms with E-state index in [1.165, 1.54) is 12.1 Å². The number of aliphatic hydroxyl groups excluding tert-OH is 1. The van der Waals surface area contributed by atoms with Crippen LogP contribution in [0, 0.1) is 5.92 Å². The van der Waals surface area contributed by atoms with E-state index in [2.05, 4.69) is 5.09 Å². The normalized spacial score (nSPS) is 26.3. The molecule has 0 saturated carbocycles. The Labute approximate surface area is 221 Å². The van der Waals surface area contributed by atoms with Gasteiger partial charge in [0.1, 0.15) is 24.0 Å². The highest BCUT2D eigenvalue weighted by Crippen LogP contribution is 2.47. The number of rotatable bonds is 12. The van der Waals surface area contributed by atoms with Crippen molar-refractivity contribution < 1.29 is 40.1 Å². The summed E-state index contributed by atoms with van der Waals surface area (Å²) in [7, 11) is -4.42. The quantitative estimate of drug-likeness (QED) is 0.260. The topological polar surface area (TPSA) is 158 Å². The highest BCUT2D eigenvalue weighted by molar-refractivity contribution is 7.52. The van der Waals surface area contributed by atoms with Crippen molar-refractivity contribution in [1.29, 1.82) is 0 Å². The molecule has 14 heteroatoms. The van der Waals surface area contributed by atoms with Crippen molar-refractivity contribution in [1.82, 2.24) is 14.6 Å². The first-order valence-corrected chi connectivity index (χ1v) is 13.5. The predicted molar refractivity (Wildman–Crippen MR) is 134 cm³/mol. The number of benzene rings is 1. The number of hydrogen-bond donors (Lipinski definition) is 3. The van der Waals surface area contributed by atoms with Gasteiger partial charge in [-0.15, -0.1) is 0 Å². The number of halogens is 1. The number of carbonyl (C=O) groups is 1. The maximum atomic E-state index is 15.7. The van der Waals surface area contributed by atoms with Crippen LogP contribution in [0.2, 0.25) is 0 Å². The third-order valence-corrected chi connectivity index (χ3v) is 7.22. The van der Waals surface area contributed by atoms with Gasteiger partial charge in [0.2, 0.25) is 0 Å². The molecule has 3 N–H and O–H groups in total. The van der Waals surface area contributed by atoms with E-state index >= 15 is 4.39 Å². The number of aromatic amines is 1. The third-order valence-electron chi connectivity index (χ3n) is 5.65. The summed E-state index contributed by atoms with van der Waals surface area (Å²) in [5, 5.41) is 13.3. The van der Waals surface area contributed by atoms with Crippen LogP contribution in [0.5, 0.6) is 5.75 Å². The largest absolute Gasteiger partial charge is 0.465 e. The van der Waals surface area contributed by atoms with E-state index < -0.39 is 73.9 Å². The van der Waals surface area contributed by atoms with Gasteiger partial charge in [0.05, 0.1) is 16.0 Å². The van der Waals surface area contributed by atoms with E-state index in [-0.39, 0.29) is 24.7 Å². The van der Waals surface area contributed by atoms with Gasteiger partial charge < -0.3 is 19.1 Å². The second-order valence-electron chi connectivity index (χ2n) is 9.25. The van der Waals surface area contributed by atoms with Crippen LogP contribution < -0.4 is 20.9 Å². The number of ether oxygens (including phenoxy) is 2. The van der Waals surface area contributed by atoms with Crippen LogP contribution in [0.25, 0.3) is 0 Å². The van der Waals surface area contributed by atoms with Gasteiger partial charge in [-0.25, -0.2) is 13.8 Å². The highest BCUT2D eigenvalue weighted by atomic mass is 31.2. The van der Waals surface area contributed by atoms with Crippen molar-refractivity contribution in [3.05, 3.63) is 63.4 Å². The van der Waals surface area contributed by atoms with Crippen molar-refractivity contribution >= 4 is 13.7 Å². The molecule has 38 heavy (non-hydrogen) atoms. The van der Waals surface area contributed by atoms with Gasteiger partial charge in [0.25, 0.3) is 5.56 Å². The van der Waals surface area contributed by atoms with Gasteiger partial charge in [0, 0.05) is 12.2 Å². The van der Waals surface area contributed by atoms with Crippen molar-refractivity contribution in [3.8, 4) is 5.75 Å². The van der Waals surface area contributed by atoms with Gasteiger partial charge in [-0.05, 0) is 38.3 Å². The molecule has 2 unspecified atom stereocenters. The van der Waals surface area contributed by atoms with Crippen LogP contribution in [-0.2, 0) is 23.4 Å². The molecular formula is C24H33FN3O9P. The fourth-order valence-electron chi connectivity index (χ4n) is 3.83. The third kappa shape index (κ3) is 7.17. The maximum absolute atomic E-state index is 15.7. The number of nitrogens with zero attached hydrogens (tertiary/aromatic N) is 1. The lowest BCUT2D eigenvalue weighted by Gasteiger charge is -2.27. The van der Waals surface area contributed by atoms with Crippen molar-refractivity contribution in [2.45, 2.75) is 64.3 Å². The number of aromatic nitrogens is 2. The number of para-hydroxylation sites is 1. The SMILES string of the molecule is [2H]c1c([2H])n([C@@H]2O[C@H](COP(=O)(NC(CC(C)C)C(=O)OCC)Oc3ccccc3)[C@@H](O)[C@@]2(C)F)c(=O)[nH]c1=O. The second kappa shape index (κ2) is 12.4. The summed E-state index contributed by atoms with van der Waals surface area (Å²) in [6, 6.07) is 5.88. The molecule has 1 fully saturated rings. The summed E-state index contributed by atoms with van der Waals surface area (Å²) >= 11 is 0. The second-order valence-corrected chi connectivity index (χ2v) is 10.9. The first kappa shape index (κ1) is 26.8. The van der Waals surface area contributed by atoms with E-state index in [4.69, 9.17) is 21.3 Å². The van der Waals surface area contributed by atoms with E-state index in [1.807, 2.05) is 13.8 Å². The van der Waals surface area contributed by atoms with Crippen LogP contribution in [0.1, 0.15) is 43.1 Å². The number of carbonyl (C=O) groups excluding carboxylic acids is 1. The van der Waals surface area contributed by atoms with Crippen molar-refractivity contribution in [2.24, 2.45) is 5.92 Å². The molecule has 2 heterocycles. The molecule has 1 aliphatic heterocycles. The van der Waals surface area contributed by atoms with Gasteiger partial charge in [-0.1, -0.05) is 32.0 Å². The fraction of sp³-hybridized carbons (Fsp3) is 0.542. The molecular weight excluding hydrogens is 524 g/mol. The van der Waals surface area contributed by atoms with Gasteiger partial charge in [-0.3, -0.25) is 23.7 Å². The first-order chi connectivity index (χ1) is 18.7. The van der Waals surface area contributed by atoms with Crippen molar-refractivity contribution in [3.63, 3.8) is 0 Å². The fourth-order valence-corrected chi connectivity index (χ4v) is 5.35. The molecule has 1 aromatic carbocycles. The van der Waals surface area contributed by atoms with Crippen LogP contribution in [-0.4, -0.2) is 57.8 Å². The van der Waals surface area contributed by atoms with Gasteiger partial charge in [0.15, 0.2) is 11.9 Å². The van der Waals surface area contributed by atoms with E-state index in [0.717, 1.165) is 6.92 Å². The molecule has 0 radical (unpaired) electrons. The highest BCUT2D eigenvalue weighted by Gasteiger charge is 2.56. The molecule has 1 aromatic heterocycles. The molecule has 2 aromatic rings. The summed E-state index contributed by atoms with van der Waals surface area (Å²) in [4.78, 5) is 38.4. The van der Waals surface area contributed by atoms with Crippen LogP contribution in [0.3, 0.4) is 0 Å². The number of aliphatic hydroxyl groups is 1. The molecule has 1 aliphatic rings. The van der Waals surface area contributed by atoms with Gasteiger partial charge >= 0.3 is 19.4 Å². The molecule has 0 amide bonds. The number of H-pyrrole nitrogens is 1. The molecule has 6 atom stereocenters. The zero-order chi connectivity index (χ0) is 29.8. The Kier molecular flexibility index (Phi) is 8.70.